The molecule has 0 saturated heterocycles. The highest BCUT2D eigenvalue weighted by Gasteiger charge is 2.28. The summed E-state index contributed by atoms with van der Waals surface area (Å²) in [5.41, 5.74) is -0.183. The molecule has 2 rings (SSSR count). The van der Waals surface area contributed by atoms with Crippen LogP contribution < -0.4 is 4.90 Å². The minimum absolute atomic E-state index is 0.232. The van der Waals surface area contributed by atoms with Crippen LogP contribution in [0.2, 0.25) is 0 Å². The van der Waals surface area contributed by atoms with E-state index in [2.05, 4.69) is 4.98 Å². The number of nitro benzene ring substituents is 1. The Labute approximate surface area is 128 Å². The van der Waals surface area contributed by atoms with E-state index in [-0.39, 0.29) is 10.6 Å². The molecule has 0 N–H and O–H groups in total. The van der Waals surface area contributed by atoms with Crippen molar-refractivity contribution >= 4 is 21.2 Å². The number of nitrogens with zero attached hydrogens (tertiary/aromatic N) is 4. The first-order valence-electron chi connectivity index (χ1n) is 6.36. The number of hydrogen-bond acceptors (Lipinski definition) is 6. The maximum atomic E-state index is 11.8. The zero-order valence-corrected chi connectivity index (χ0v) is 13.2. The van der Waals surface area contributed by atoms with Gasteiger partial charge in [-0.15, -0.1) is 0 Å². The predicted octanol–water partition coefficient (Wildman–Crippen LogP) is 1.37. The molecule has 1 aromatic heterocycles. The molecular weight excluding hydrogens is 308 g/mol. The molecule has 0 atom stereocenters. The molecule has 118 valence electrons. The Kier molecular flexibility index (Phi) is 4.18. The summed E-state index contributed by atoms with van der Waals surface area (Å²) in [4.78, 5) is 16.2. The van der Waals surface area contributed by atoms with Crippen LogP contribution in [0.5, 0.6) is 0 Å². The van der Waals surface area contributed by atoms with Crippen molar-refractivity contribution in [3.05, 3.63) is 46.5 Å². The third kappa shape index (κ3) is 3.08. The van der Waals surface area contributed by atoms with Crippen LogP contribution in [-0.4, -0.2) is 36.2 Å². The predicted molar refractivity (Wildman–Crippen MR) is 81.5 cm³/mol. The Morgan fingerprint density at radius 1 is 1.41 bits per heavy atom. The second kappa shape index (κ2) is 5.76. The number of imidazole rings is 1. The highest BCUT2D eigenvalue weighted by Crippen LogP contribution is 2.34. The molecule has 2 aromatic rings. The Hall–Kier alpha value is -2.42. The highest BCUT2D eigenvalue weighted by atomic mass is 32.2. The topological polar surface area (TPSA) is 98.3 Å². The first-order chi connectivity index (χ1) is 10.2. The Balaban J connectivity index is 2.51. The van der Waals surface area contributed by atoms with E-state index in [1.165, 1.54) is 18.2 Å². The molecule has 0 spiro atoms. The lowest BCUT2D eigenvalue weighted by atomic mass is 10.2. The first kappa shape index (κ1) is 16.0. The van der Waals surface area contributed by atoms with Gasteiger partial charge in [0.05, 0.1) is 11.5 Å². The second-order valence-corrected chi connectivity index (χ2v) is 6.95. The maximum absolute atomic E-state index is 11.8. The van der Waals surface area contributed by atoms with Crippen LogP contribution in [0.3, 0.4) is 0 Å². The number of benzene rings is 1. The lowest BCUT2D eigenvalue weighted by Gasteiger charge is -2.19. The molecular formula is C13H16N4O4S. The van der Waals surface area contributed by atoms with Gasteiger partial charge < -0.3 is 9.47 Å². The van der Waals surface area contributed by atoms with Gasteiger partial charge in [-0.3, -0.25) is 10.1 Å². The molecule has 0 unspecified atom stereocenters. The van der Waals surface area contributed by atoms with Gasteiger partial charge in [0.1, 0.15) is 16.4 Å². The molecule has 0 aliphatic carbocycles. The largest absolute Gasteiger partial charge is 0.362 e. The zero-order valence-electron chi connectivity index (χ0n) is 12.4. The molecule has 0 amide bonds. The van der Waals surface area contributed by atoms with Crippen LogP contribution in [-0.2, 0) is 23.4 Å². The fraction of sp³-hybridized carbons (Fsp3) is 0.308. The summed E-state index contributed by atoms with van der Waals surface area (Å²) >= 11 is 0. The number of para-hydroxylation sites is 1. The van der Waals surface area contributed by atoms with Crippen LogP contribution in [0.15, 0.2) is 35.5 Å². The van der Waals surface area contributed by atoms with E-state index in [0.717, 1.165) is 6.26 Å². The molecule has 0 bridgehead atoms. The summed E-state index contributed by atoms with van der Waals surface area (Å²) in [6.45, 7) is 0.317. The van der Waals surface area contributed by atoms with Crippen molar-refractivity contribution in [3.8, 4) is 0 Å². The number of hydrogen-bond donors (Lipinski definition) is 0. The highest BCUT2D eigenvalue weighted by molar-refractivity contribution is 7.90. The quantitative estimate of drug-likeness (QED) is 0.608. The van der Waals surface area contributed by atoms with Crippen molar-refractivity contribution in [2.24, 2.45) is 7.05 Å². The van der Waals surface area contributed by atoms with Gasteiger partial charge in [0.25, 0.3) is 0 Å². The van der Waals surface area contributed by atoms with E-state index in [0.29, 0.717) is 12.4 Å². The summed E-state index contributed by atoms with van der Waals surface area (Å²) in [6.07, 6.45) is 4.35. The maximum Gasteiger partial charge on any atom is 0.311 e. The average Bonchev–Trinajstić information content (AvgIpc) is 2.82. The second-order valence-electron chi connectivity index (χ2n) is 4.96. The number of aryl methyl sites for hydroxylation is 1. The molecule has 0 fully saturated rings. The van der Waals surface area contributed by atoms with Crippen LogP contribution in [0, 0.1) is 10.1 Å². The Morgan fingerprint density at radius 3 is 2.59 bits per heavy atom. The third-order valence-electron chi connectivity index (χ3n) is 3.27. The number of sulfone groups is 1. The monoisotopic (exact) mass is 324 g/mol. The van der Waals surface area contributed by atoms with Gasteiger partial charge in [-0.2, -0.15) is 0 Å². The molecule has 0 aliphatic rings. The van der Waals surface area contributed by atoms with Crippen LogP contribution in [0.25, 0.3) is 0 Å². The Morgan fingerprint density at radius 2 is 2.09 bits per heavy atom. The van der Waals surface area contributed by atoms with E-state index < -0.39 is 20.4 Å². The summed E-state index contributed by atoms with van der Waals surface area (Å²) in [6, 6.07) is 4.26. The summed E-state index contributed by atoms with van der Waals surface area (Å²) < 4.78 is 25.3. The number of rotatable bonds is 5. The molecule has 0 radical (unpaired) electrons. The smallest absolute Gasteiger partial charge is 0.311 e. The minimum Gasteiger partial charge on any atom is -0.362 e. The van der Waals surface area contributed by atoms with Crippen LogP contribution in [0.1, 0.15) is 5.82 Å². The van der Waals surface area contributed by atoms with Crippen molar-refractivity contribution in [2.45, 2.75) is 11.4 Å². The summed E-state index contributed by atoms with van der Waals surface area (Å²) in [5.74, 6) is 0.710. The van der Waals surface area contributed by atoms with Crippen molar-refractivity contribution in [1.29, 1.82) is 0 Å². The standard InChI is InChI=1S/C13H16N4O4S/c1-15-8-7-14-12(15)9-16(2)10-5-4-6-11(22(3,20)21)13(10)17(18)19/h4-8H,9H2,1-3H3. The van der Waals surface area contributed by atoms with E-state index in [1.807, 2.05) is 7.05 Å². The normalized spacial score (nSPS) is 11.4. The first-order valence-corrected chi connectivity index (χ1v) is 8.25. The molecule has 1 aromatic carbocycles. The minimum atomic E-state index is -3.69. The molecule has 8 nitrogen and oxygen atoms in total. The van der Waals surface area contributed by atoms with Gasteiger partial charge in [-0.25, -0.2) is 13.4 Å². The SMILES string of the molecule is CN(Cc1nccn1C)c1cccc(S(C)(=O)=O)c1[N+](=O)[O-]. The van der Waals surface area contributed by atoms with Crippen molar-refractivity contribution in [3.63, 3.8) is 0 Å². The van der Waals surface area contributed by atoms with Gasteiger partial charge in [0, 0.05) is 32.7 Å². The fourth-order valence-electron chi connectivity index (χ4n) is 2.15. The number of nitro groups is 1. The lowest BCUT2D eigenvalue weighted by molar-refractivity contribution is -0.387. The van der Waals surface area contributed by atoms with Gasteiger partial charge in [0.2, 0.25) is 0 Å². The van der Waals surface area contributed by atoms with Gasteiger partial charge in [-0.1, -0.05) is 6.07 Å². The molecule has 1 heterocycles. The van der Waals surface area contributed by atoms with E-state index in [9.17, 15) is 18.5 Å². The van der Waals surface area contributed by atoms with Crippen LogP contribution >= 0.6 is 0 Å². The van der Waals surface area contributed by atoms with Gasteiger partial charge in [-0.05, 0) is 12.1 Å². The van der Waals surface area contributed by atoms with Crippen molar-refractivity contribution in [2.75, 3.05) is 18.2 Å². The van der Waals surface area contributed by atoms with Gasteiger partial charge >= 0.3 is 5.69 Å². The van der Waals surface area contributed by atoms with Crippen LogP contribution in [0.4, 0.5) is 11.4 Å². The van der Waals surface area contributed by atoms with E-state index >= 15 is 0 Å². The lowest BCUT2D eigenvalue weighted by Crippen LogP contribution is -2.20. The van der Waals surface area contributed by atoms with Crippen molar-refractivity contribution in [1.82, 2.24) is 9.55 Å². The number of anilines is 1. The van der Waals surface area contributed by atoms with Crippen molar-refractivity contribution < 1.29 is 13.3 Å². The molecule has 9 heteroatoms. The zero-order chi connectivity index (χ0) is 16.5. The van der Waals surface area contributed by atoms with E-state index in [1.54, 1.807) is 28.9 Å². The Bertz CT molecular complexity index is 813. The number of aromatic nitrogens is 2. The summed E-state index contributed by atoms with van der Waals surface area (Å²) in [7, 11) is -0.221. The summed E-state index contributed by atoms with van der Waals surface area (Å²) in [5, 5.41) is 11.4. The fourth-order valence-corrected chi connectivity index (χ4v) is 3.00. The molecule has 0 aliphatic heterocycles. The third-order valence-corrected chi connectivity index (χ3v) is 4.40. The molecule has 22 heavy (non-hydrogen) atoms. The molecule has 0 saturated carbocycles. The average molecular weight is 324 g/mol. The van der Waals surface area contributed by atoms with Gasteiger partial charge in [0.15, 0.2) is 9.84 Å². The van der Waals surface area contributed by atoms with E-state index in [4.69, 9.17) is 0 Å².